The van der Waals surface area contributed by atoms with Crippen LogP contribution < -0.4 is 5.32 Å². The Bertz CT molecular complexity index is 1370. The first-order valence-corrected chi connectivity index (χ1v) is 12.6. The maximum absolute atomic E-state index is 13.6. The van der Waals surface area contributed by atoms with Crippen molar-refractivity contribution in [2.24, 2.45) is 9.98 Å². The van der Waals surface area contributed by atoms with Gasteiger partial charge in [0.15, 0.2) is 11.2 Å². The van der Waals surface area contributed by atoms with E-state index in [2.05, 4.69) is 5.32 Å². The van der Waals surface area contributed by atoms with Crippen LogP contribution in [0.5, 0.6) is 0 Å². The Morgan fingerprint density at radius 1 is 1.11 bits per heavy atom. The third-order valence-corrected chi connectivity index (χ3v) is 7.66. The average molecular weight is 503 g/mol. The lowest BCUT2D eigenvalue weighted by molar-refractivity contribution is -0.124. The first-order chi connectivity index (χ1) is 17.0. The smallest absolute Gasteiger partial charge is 0.263 e. The number of amidine groups is 2. The normalized spacial score (nSPS) is 17.3. The molecule has 0 unspecified atom stereocenters. The van der Waals surface area contributed by atoms with Crippen molar-refractivity contribution < 1.29 is 9.59 Å². The van der Waals surface area contributed by atoms with Crippen LogP contribution in [0.3, 0.4) is 0 Å². The van der Waals surface area contributed by atoms with Crippen molar-refractivity contribution in [3.05, 3.63) is 94.5 Å². The van der Waals surface area contributed by atoms with Gasteiger partial charge in [-0.1, -0.05) is 78.8 Å². The molecular formula is C27H23ClN4O2S. The predicted octanol–water partition coefficient (Wildman–Crippen LogP) is 6.13. The molecule has 0 radical (unpaired) electrons. The summed E-state index contributed by atoms with van der Waals surface area (Å²) in [5, 5.41) is 3.52. The first-order valence-electron chi connectivity index (χ1n) is 11.3. The van der Waals surface area contributed by atoms with Gasteiger partial charge in [0.25, 0.3) is 5.91 Å². The Morgan fingerprint density at radius 2 is 1.86 bits per heavy atom. The number of amides is 2. The summed E-state index contributed by atoms with van der Waals surface area (Å²) in [6.45, 7) is 3.84. The molecular weight excluding hydrogens is 480 g/mol. The molecule has 1 N–H and O–H groups in total. The van der Waals surface area contributed by atoms with Crippen LogP contribution in [0.2, 0.25) is 5.02 Å². The van der Waals surface area contributed by atoms with E-state index in [0.29, 0.717) is 28.1 Å². The summed E-state index contributed by atoms with van der Waals surface area (Å²) in [4.78, 5) is 37.8. The second-order valence-corrected chi connectivity index (χ2v) is 9.90. The molecule has 2 aliphatic heterocycles. The minimum absolute atomic E-state index is 0.174. The Kier molecular flexibility index (Phi) is 6.45. The number of nitrogens with zero attached hydrogens (tertiary/aromatic N) is 3. The minimum Gasteiger partial charge on any atom is -0.325 e. The summed E-state index contributed by atoms with van der Waals surface area (Å²) in [6, 6.07) is 21.9. The number of aryl methyl sites for hydroxylation is 1. The zero-order chi connectivity index (χ0) is 24.5. The SMILES string of the molecule is CC[C@@H](SC1=Nc2ccccc2C2=N[C@@H](c3ccccc3)C(=O)N12)C(=O)Nc1ccc(C)c(Cl)c1. The molecule has 176 valence electrons. The number of anilines is 1. The number of thioether (sulfide) groups is 1. The van der Waals surface area contributed by atoms with Crippen molar-refractivity contribution in [2.45, 2.75) is 31.6 Å². The summed E-state index contributed by atoms with van der Waals surface area (Å²) in [7, 11) is 0. The van der Waals surface area contributed by atoms with Crippen molar-refractivity contribution in [3.8, 4) is 0 Å². The summed E-state index contributed by atoms with van der Waals surface area (Å²) >= 11 is 7.49. The molecule has 0 bridgehead atoms. The fraction of sp³-hybridized carbons (Fsp3) is 0.185. The van der Waals surface area contributed by atoms with E-state index < -0.39 is 11.3 Å². The number of carbonyl (C=O) groups is 2. The molecule has 3 aromatic rings. The lowest BCUT2D eigenvalue weighted by atomic mass is 10.1. The van der Waals surface area contributed by atoms with Crippen LogP contribution in [0, 0.1) is 6.92 Å². The fourth-order valence-electron chi connectivity index (χ4n) is 4.02. The van der Waals surface area contributed by atoms with Gasteiger partial charge < -0.3 is 5.32 Å². The average Bonchev–Trinajstić information content (AvgIpc) is 3.23. The number of fused-ring (bicyclic) bond motifs is 3. The van der Waals surface area contributed by atoms with Gasteiger partial charge in [-0.25, -0.2) is 14.9 Å². The number of para-hydroxylation sites is 1. The molecule has 0 saturated heterocycles. The van der Waals surface area contributed by atoms with E-state index in [9.17, 15) is 9.59 Å². The topological polar surface area (TPSA) is 74.1 Å². The van der Waals surface area contributed by atoms with Gasteiger partial charge in [-0.15, -0.1) is 0 Å². The molecule has 2 heterocycles. The zero-order valence-electron chi connectivity index (χ0n) is 19.2. The summed E-state index contributed by atoms with van der Waals surface area (Å²) in [5.41, 5.74) is 3.92. The number of nitrogens with one attached hydrogen (secondary N) is 1. The lowest BCUT2D eigenvalue weighted by Crippen LogP contribution is -2.41. The van der Waals surface area contributed by atoms with Crippen molar-refractivity contribution >= 4 is 57.6 Å². The molecule has 5 rings (SSSR count). The molecule has 0 aromatic heterocycles. The predicted molar refractivity (Wildman–Crippen MR) is 143 cm³/mol. The molecule has 2 amide bonds. The van der Waals surface area contributed by atoms with Gasteiger partial charge in [-0.05, 0) is 48.7 Å². The number of hydrogen-bond donors (Lipinski definition) is 1. The molecule has 0 spiro atoms. The van der Waals surface area contributed by atoms with E-state index in [1.165, 1.54) is 11.8 Å². The Hall–Kier alpha value is -3.42. The van der Waals surface area contributed by atoms with Gasteiger partial charge in [0, 0.05) is 16.3 Å². The quantitative estimate of drug-likeness (QED) is 0.456. The van der Waals surface area contributed by atoms with Crippen LogP contribution in [-0.2, 0) is 9.59 Å². The molecule has 3 aromatic carbocycles. The summed E-state index contributed by atoms with van der Waals surface area (Å²) in [6.07, 6.45) is 0.549. The van der Waals surface area contributed by atoms with E-state index >= 15 is 0 Å². The highest BCUT2D eigenvalue weighted by Crippen LogP contribution is 2.38. The van der Waals surface area contributed by atoms with Crippen LogP contribution in [0.4, 0.5) is 11.4 Å². The first kappa shape index (κ1) is 23.3. The second kappa shape index (κ2) is 9.68. The Balaban J connectivity index is 1.45. The minimum atomic E-state index is -0.647. The largest absolute Gasteiger partial charge is 0.325 e. The molecule has 0 saturated carbocycles. The maximum atomic E-state index is 13.6. The summed E-state index contributed by atoms with van der Waals surface area (Å²) < 4.78 is 0. The highest BCUT2D eigenvalue weighted by atomic mass is 35.5. The number of carbonyl (C=O) groups excluding carboxylic acids is 2. The number of rotatable bonds is 5. The third-order valence-electron chi connectivity index (χ3n) is 5.94. The number of hydrogen-bond acceptors (Lipinski definition) is 5. The number of aliphatic imine (C=N–C) groups is 2. The Morgan fingerprint density at radius 3 is 2.60 bits per heavy atom. The second-order valence-electron chi connectivity index (χ2n) is 8.32. The van der Waals surface area contributed by atoms with E-state index in [1.54, 1.807) is 11.0 Å². The molecule has 2 aliphatic rings. The van der Waals surface area contributed by atoms with Gasteiger partial charge in [-0.2, -0.15) is 0 Å². The van der Waals surface area contributed by atoms with Gasteiger partial charge in [0.05, 0.1) is 10.9 Å². The fourth-order valence-corrected chi connectivity index (χ4v) is 5.22. The van der Waals surface area contributed by atoms with Gasteiger partial charge in [0.2, 0.25) is 5.91 Å². The molecule has 0 aliphatic carbocycles. The van der Waals surface area contributed by atoms with Crippen LogP contribution >= 0.6 is 23.4 Å². The molecule has 2 atom stereocenters. The van der Waals surface area contributed by atoms with Crippen LogP contribution in [-0.4, -0.2) is 33.0 Å². The zero-order valence-corrected chi connectivity index (χ0v) is 20.8. The summed E-state index contributed by atoms with van der Waals surface area (Å²) in [5.74, 6) is 0.216. The molecule has 35 heavy (non-hydrogen) atoms. The van der Waals surface area contributed by atoms with Crippen molar-refractivity contribution in [1.29, 1.82) is 0 Å². The lowest BCUT2D eigenvalue weighted by Gasteiger charge is -2.27. The molecule has 6 nitrogen and oxygen atoms in total. The van der Waals surface area contributed by atoms with Crippen molar-refractivity contribution in [1.82, 2.24) is 4.90 Å². The highest BCUT2D eigenvalue weighted by molar-refractivity contribution is 8.15. The van der Waals surface area contributed by atoms with Crippen molar-refractivity contribution in [2.75, 3.05) is 5.32 Å². The number of benzene rings is 3. The van der Waals surface area contributed by atoms with Crippen LogP contribution in [0.25, 0.3) is 0 Å². The number of halogens is 1. The van der Waals surface area contributed by atoms with Crippen LogP contribution in [0.1, 0.15) is 36.1 Å². The monoisotopic (exact) mass is 502 g/mol. The standard InChI is InChI=1S/C27H23ClN4O2S/c1-3-22(25(33)29-18-14-13-16(2)20(28)15-18)35-27-30-21-12-8-7-11-19(21)24-31-23(26(34)32(24)27)17-9-5-4-6-10-17/h4-15,22-23H,3H2,1-2H3,(H,29,33)/t22-,23+/m1/s1. The van der Waals surface area contributed by atoms with Gasteiger partial charge in [0.1, 0.15) is 5.84 Å². The van der Waals surface area contributed by atoms with Gasteiger partial charge >= 0.3 is 0 Å². The maximum Gasteiger partial charge on any atom is 0.263 e. The van der Waals surface area contributed by atoms with E-state index in [4.69, 9.17) is 21.6 Å². The highest BCUT2D eigenvalue weighted by Gasteiger charge is 2.43. The van der Waals surface area contributed by atoms with E-state index in [1.807, 2.05) is 80.6 Å². The molecule has 8 heteroatoms. The van der Waals surface area contributed by atoms with Crippen LogP contribution in [0.15, 0.2) is 82.8 Å². The Labute approximate surface area is 213 Å². The van der Waals surface area contributed by atoms with E-state index in [-0.39, 0.29) is 11.8 Å². The van der Waals surface area contributed by atoms with Crippen molar-refractivity contribution in [3.63, 3.8) is 0 Å². The third kappa shape index (κ3) is 4.49. The van der Waals surface area contributed by atoms with E-state index in [0.717, 1.165) is 22.4 Å². The molecule has 0 fully saturated rings. The van der Waals surface area contributed by atoms with Gasteiger partial charge in [-0.3, -0.25) is 9.59 Å².